The number of nitriles is 1. The number of carboxylic acids is 1. The minimum absolute atomic E-state index is 0.0207. The minimum Gasteiger partial charge on any atom is -0.477 e. The first-order valence-corrected chi connectivity index (χ1v) is 7.97. The van der Waals surface area contributed by atoms with Gasteiger partial charge in [-0.2, -0.15) is 5.26 Å². The van der Waals surface area contributed by atoms with Crippen LogP contribution in [0.1, 0.15) is 33.3 Å². The van der Waals surface area contributed by atoms with E-state index in [0.717, 1.165) is 11.1 Å². The number of hydrogen-bond acceptors (Lipinski definition) is 3. The standard InChI is InChI=1S/C21H16N2O3/c1-13(24)17-5-3-4-6-18(17)14-7-9-15(10-8-14)19-16(11-22)12-23(2)20(19)21(25)26/h3-10,12H,1-2H3,(H,25,26). The van der Waals surface area contributed by atoms with E-state index in [0.29, 0.717) is 22.3 Å². The van der Waals surface area contributed by atoms with Crippen molar-refractivity contribution in [2.45, 2.75) is 6.92 Å². The molecule has 0 aliphatic rings. The van der Waals surface area contributed by atoms with Gasteiger partial charge in [-0.1, -0.05) is 48.5 Å². The Morgan fingerprint density at radius 1 is 1.04 bits per heavy atom. The molecule has 26 heavy (non-hydrogen) atoms. The topological polar surface area (TPSA) is 83.1 Å². The van der Waals surface area contributed by atoms with E-state index in [1.165, 1.54) is 17.7 Å². The monoisotopic (exact) mass is 344 g/mol. The van der Waals surface area contributed by atoms with Crippen LogP contribution in [0.5, 0.6) is 0 Å². The highest BCUT2D eigenvalue weighted by atomic mass is 16.4. The minimum atomic E-state index is -1.09. The maximum atomic E-state index is 11.8. The molecule has 0 aliphatic carbocycles. The molecule has 5 nitrogen and oxygen atoms in total. The van der Waals surface area contributed by atoms with Crippen LogP contribution in [0.2, 0.25) is 0 Å². The van der Waals surface area contributed by atoms with Gasteiger partial charge in [-0.25, -0.2) is 4.79 Å². The van der Waals surface area contributed by atoms with Crippen molar-refractivity contribution in [2.24, 2.45) is 7.05 Å². The molecule has 1 N–H and O–H groups in total. The van der Waals surface area contributed by atoms with Crippen LogP contribution >= 0.6 is 0 Å². The summed E-state index contributed by atoms with van der Waals surface area (Å²) in [6, 6.07) is 16.6. The molecule has 0 atom stereocenters. The molecule has 0 saturated carbocycles. The predicted molar refractivity (Wildman–Crippen MR) is 98.0 cm³/mol. The number of nitrogens with zero attached hydrogens (tertiary/aromatic N) is 2. The smallest absolute Gasteiger partial charge is 0.353 e. The molecule has 2 aromatic carbocycles. The lowest BCUT2D eigenvalue weighted by Gasteiger charge is -2.09. The maximum absolute atomic E-state index is 11.8. The summed E-state index contributed by atoms with van der Waals surface area (Å²) in [6.45, 7) is 1.52. The Hall–Kier alpha value is -3.65. The summed E-state index contributed by atoms with van der Waals surface area (Å²) in [4.78, 5) is 23.4. The molecule has 1 heterocycles. The molecule has 0 amide bonds. The van der Waals surface area contributed by atoms with E-state index >= 15 is 0 Å². The van der Waals surface area contributed by atoms with E-state index in [4.69, 9.17) is 0 Å². The second kappa shape index (κ2) is 6.69. The van der Waals surface area contributed by atoms with Crippen molar-refractivity contribution in [2.75, 3.05) is 0 Å². The van der Waals surface area contributed by atoms with Crippen LogP contribution in [0.3, 0.4) is 0 Å². The second-order valence-corrected chi connectivity index (χ2v) is 5.97. The number of aryl methyl sites for hydroxylation is 1. The lowest BCUT2D eigenvalue weighted by atomic mass is 9.94. The van der Waals surface area contributed by atoms with Gasteiger partial charge in [0.2, 0.25) is 0 Å². The van der Waals surface area contributed by atoms with E-state index in [-0.39, 0.29) is 11.5 Å². The van der Waals surface area contributed by atoms with Crippen molar-refractivity contribution < 1.29 is 14.7 Å². The molecule has 3 aromatic rings. The summed E-state index contributed by atoms with van der Waals surface area (Å²) in [6.07, 6.45) is 1.51. The Morgan fingerprint density at radius 2 is 1.65 bits per heavy atom. The number of ketones is 1. The van der Waals surface area contributed by atoms with Gasteiger partial charge in [-0.3, -0.25) is 4.79 Å². The first kappa shape index (κ1) is 17.2. The molecular formula is C21H16N2O3. The Kier molecular flexibility index (Phi) is 4.42. The molecule has 1 aromatic heterocycles. The Balaban J connectivity index is 2.12. The van der Waals surface area contributed by atoms with Gasteiger partial charge in [0.05, 0.1) is 5.56 Å². The molecule has 3 rings (SSSR count). The van der Waals surface area contributed by atoms with Crippen LogP contribution < -0.4 is 0 Å². The van der Waals surface area contributed by atoms with Gasteiger partial charge in [0.25, 0.3) is 0 Å². The van der Waals surface area contributed by atoms with Crippen molar-refractivity contribution in [3.8, 4) is 28.3 Å². The molecule has 0 radical (unpaired) electrons. The molecule has 0 unspecified atom stereocenters. The number of carboxylic acid groups (broad SMARTS) is 1. The number of Topliss-reactive ketones (excluding diaryl/α,β-unsaturated/α-hetero) is 1. The fourth-order valence-corrected chi connectivity index (χ4v) is 3.12. The molecule has 0 spiro atoms. The van der Waals surface area contributed by atoms with Crippen LogP contribution in [0.15, 0.2) is 54.7 Å². The number of benzene rings is 2. The van der Waals surface area contributed by atoms with Crippen molar-refractivity contribution in [3.05, 3.63) is 71.5 Å². The first-order valence-electron chi connectivity index (χ1n) is 7.97. The van der Waals surface area contributed by atoms with Gasteiger partial charge in [-0.15, -0.1) is 0 Å². The molecule has 5 heteroatoms. The van der Waals surface area contributed by atoms with Crippen molar-refractivity contribution in [1.29, 1.82) is 5.26 Å². The summed E-state index contributed by atoms with van der Waals surface area (Å²) < 4.78 is 1.44. The van der Waals surface area contributed by atoms with Crippen molar-refractivity contribution in [3.63, 3.8) is 0 Å². The van der Waals surface area contributed by atoms with Crippen LogP contribution in [0.4, 0.5) is 0 Å². The van der Waals surface area contributed by atoms with Crippen LogP contribution in [-0.2, 0) is 7.05 Å². The summed E-state index contributed by atoms with van der Waals surface area (Å²) >= 11 is 0. The Bertz CT molecular complexity index is 1050. The maximum Gasteiger partial charge on any atom is 0.353 e. The molecule has 0 aliphatic heterocycles. The highest BCUT2D eigenvalue weighted by Gasteiger charge is 2.21. The molecule has 0 saturated heterocycles. The fourth-order valence-electron chi connectivity index (χ4n) is 3.12. The lowest BCUT2D eigenvalue weighted by molar-refractivity contribution is 0.0687. The summed E-state index contributed by atoms with van der Waals surface area (Å²) in [7, 11) is 1.60. The normalized spacial score (nSPS) is 10.3. The number of aromatic carboxylic acids is 1. The number of rotatable bonds is 4. The number of carbonyl (C=O) groups excluding carboxylic acids is 1. The van der Waals surface area contributed by atoms with Crippen LogP contribution in [-0.4, -0.2) is 21.4 Å². The third-order valence-electron chi connectivity index (χ3n) is 4.30. The van der Waals surface area contributed by atoms with Gasteiger partial charge in [-0.05, 0) is 23.6 Å². The third kappa shape index (κ3) is 2.89. The van der Waals surface area contributed by atoms with Gasteiger partial charge >= 0.3 is 5.97 Å². The van der Waals surface area contributed by atoms with Gasteiger partial charge in [0.1, 0.15) is 11.8 Å². The zero-order valence-electron chi connectivity index (χ0n) is 14.4. The Labute approximate surface area is 150 Å². The van der Waals surface area contributed by atoms with Crippen molar-refractivity contribution >= 4 is 11.8 Å². The number of hydrogen-bond donors (Lipinski definition) is 1. The second-order valence-electron chi connectivity index (χ2n) is 5.97. The average Bonchev–Trinajstić information content (AvgIpc) is 2.98. The fraction of sp³-hybridized carbons (Fsp3) is 0.0952. The highest BCUT2D eigenvalue weighted by Crippen LogP contribution is 2.32. The summed E-state index contributed by atoms with van der Waals surface area (Å²) in [5, 5.41) is 18.8. The number of aromatic nitrogens is 1. The van der Waals surface area contributed by atoms with E-state index in [1.807, 2.05) is 30.3 Å². The largest absolute Gasteiger partial charge is 0.477 e. The Morgan fingerprint density at radius 3 is 2.23 bits per heavy atom. The van der Waals surface area contributed by atoms with E-state index in [2.05, 4.69) is 6.07 Å². The van der Waals surface area contributed by atoms with Gasteiger partial charge < -0.3 is 9.67 Å². The predicted octanol–water partition coefficient (Wildman–Crippen LogP) is 4.13. The SMILES string of the molecule is CC(=O)c1ccccc1-c1ccc(-c2c(C#N)cn(C)c2C(=O)O)cc1. The van der Waals surface area contributed by atoms with Crippen LogP contribution in [0, 0.1) is 11.3 Å². The highest BCUT2D eigenvalue weighted by molar-refractivity contribution is 6.01. The van der Waals surface area contributed by atoms with Crippen LogP contribution in [0.25, 0.3) is 22.3 Å². The zero-order chi connectivity index (χ0) is 18.8. The first-order chi connectivity index (χ1) is 12.4. The molecule has 0 fully saturated rings. The van der Waals surface area contributed by atoms with E-state index in [9.17, 15) is 20.0 Å². The van der Waals surface area contributed by atoms with Crippen molar-refractivity contribution in [1.82, 2.24) is 4.57 Å². The van der Waals surface area contributed by atoms with E-state index < -0.39 is 5.97 Å². The molecule has 0 bridgehead atoms. The number of carbonyl (C=O) groups is 2. The summed E-state index contributed by atoms with van der Waals surface area (Å²) in [5.74, 6) is -1.11. The van der Waals surface area contributed by atoms with E-state index in [1.54, 1.807) is 25.2 Å². The third-order valence-corrected chi connectivity index (χ3v) is 4.30. The molecule has 128 valence electrons. The average molecular weight is 344 g/mol. The van der Waals surface area contributed by atoms with Gasteiger partial charge in [0, 0.05) is 24.4 Å². The zero-order valence-corrected chi connectivity index (χ0v) is 14.4. The van der Waals surface area contributed by atoms with Gasteiger partial charge in [0.15, 0.2) is 5.78 Å². The quantitative estimate of drug-likeness (QED) is 0.721. The molecular weight excluding hydrogens is 328 g/mol. The summed E-state index contributed by atoms with van der Waals surface area (Å²) in [5.41, 5.74) is 3.71. The lowest BCUT2D eigenvalue weighted by Crippen LogP contribution is -2.05.